The topological polar surface area (TPSA) is 93.2 Å². The number of aryl methyl sites for hydroxylation is 1. The summed E-state index contributed by atoms with van der Waals surface area (Å²) >= 11 is 0. The summed E-state index contributed by atoms with van der Waals surface area (Å²) in [6.45, 7) is 0.581. The van der Waals surface area contributed by atoms with Crippen molar-refractivity contribution in [2.75, 3.05) is 7.05 Å². The molecule has 0 amide bonds. The summed E-state index contributed by atoms with van der Waals surface area (Å²) in [5, 5.41) is 15.3. The number of alkyl halides is 3. The molecule has 134 valence electrons. The van der Waals surface area contributed by atoms with Crippen LogP contribution in [0.25, 0.3) is 22.3 Å². The maximum absolute atomic E-state index is 10.6. The largest absolute Gasteiger partial charge is 0.490 e. The minimum atomic E-state index is -5.08. The number of hydrogen-bond acceptors (Lipinski definition) is 5. The molecule has 10 heteroatoms. The number of halogens is 3. The number of nitrogens with one attached hydrogen (secondary N) is 1. The van der Waals surface area contributed by atoms with Gasteiger partial charge in [-0.15, -0.1) is 0 Å². The first-order chi connectivity index (χ1) is 11.7. The molecule has 0 aliphatic carbocycles. The number of carboxylic acid groups (broad SMARTS) is 1. The van der Waals surface area contributed by atoms with Crippen molar-refractivity contribution in [3.63, 3.8) is 0 Å². The van der Waals surface area contributed by atoms with Crippen LogP contribution in [0.4, 0.5) is 13.2 Å². The van der Waals surface area contributed by atoms with Crippen molar-refractivity contribution in [1.82, 2.24) is 20.0 Å². The number of carbonyl (C=O) groups is 1. The van der Waals surface area contributed by atoms with Crippen molar-refractivity contribution in [2.45, 2.75) is 12.7 Å². The van der Waals surface area contributed by atoms with Gasteiger partial charge in [0, 0.05) is 29.7 Å². The molecule has 3 rings (SSSR count). The van der Waals surface area contributed by atoms with E-state index in [-0.39, 0.29) is 0 Å². The summed E-state index contributed by atoms with van der Waals surface area (Å²) in [7, 11) is 3.86. The van der Waals surface area contributed by atoms with E-state index in [9.17, 15) is 13.2 Å². The fourth-order valence-electron chi connectivity index (χ4n) is 2.11. The van der Waals surface area contributed by atoms with Crippen LogP contribution in [-0.2, 0) is 18.4 Å². The minimum Gasteiger partial charge on any atom is -0.475 e. The minimum absolute atomic E-state index is 0.581. The number of fused-ring (bicyclic) bond motifs is 1. The zero-order chi connectivity index (χ0) is 18.6. The number of aromatic nitrogens is 3. The number of carboxylic acids is 1. The van der Waals surface area contributed by atoms with Gasteiger partial charge < -0.3 is 19.5 Å². The number of benzene rings is 1. The van der Waals surface area contributed by atoms with Crippen LogP contribution in [0.3, 0.4) is 0 Å². The highest BCUT2D eigenvalue weighted by Crippen LogP contribution is 2.27. The van der Waals surface area contributed by atoms with E-state index in [4.69, 9.17) is 14.4 Å². The summed E-state index contributed by atoms with van der Waals surface area (Å²) in [5.41, 5.74) is 2.16. The summed E-state index contributed by atoms with van der Waals surface area (Å²) in [5.74, 6) is -1.52. The van der Waals surface area contributed by atoms with E-state index in [0.29, 0.717) is 18.3 Å². The molecular formula is C15H15F3N4O3. The van der Waals surface area contributed by atoms with E-state index in [1.54, 1.807) is 0 Å². The van der Waals surface area contributed by atoms with Gasteiger partial charge in [0.05, 0.1) is 6.54 Å². The molecule has 7 nitrogen and oxygen atoms in total. The first-order valence-electron chi connectivity index (χ1n) is 7.05. The highest BCUT2D eigenvalue weighted by Gasteiger charge is 2.38. The van der Waals surface area contributed by atoms with Crippen molar-refractivity contribution in [2.24, 2.45) is 7.05 Å². The molecule has 0 aliphatic heterocycles. The summed E-state index contributed by atoms with van der Waals surface area (Å²) < 4.78 is 39.0. The van der Waals surface area contributed by atoms with Gasteiger partial charge in [0.2, 0.25) is 11.7 Å². The SMILES string of the molecule is CNCc1nc(-c2cn(C)c3ccccc23)no1.O=C(O)C(F)(F)F. The summed E-state index contributed by atoms with van der Waals surface area (Å²) in [6, 6.07) is 8.18. The van der Waals surface area contributed by atoms with Crippen molar-refractivity contribution < 1.29 is 27.6 Å². The van der Waals surface area contributed by atoms with Gasteiger partial charge in [0.1, 0.15) is 0 Å². The molecule has 0 saturated carbocycles. The molecule has 0 radical (unpaired) electrons. The first-order valence-corrected chi connectivity index (χ1v) is 7.05. The molecule has 2 N–H and O–H groups in total. The van der Waals surface area contributed by atoms with Gasteiger partial charge in [0.15, 0.2) is 0 Å². The van der Waals surface area contributed by atoms with Crippen LogP contribution in [0.15, 0.2) is 35.0 Å². The molecule has 2 aromatic heterocycles. The molecular weight excluding hydrogens is 341 g/mol. The van der Waals surface area contributed by atoms with E-state index in [1.165, 1.54) is 0 Å². The fourth-order valence-corrected chi connectivity index (χ4v) is 2.11. The average Bonchev–Trinajstić information content (AvgIpc) is 3.13. The predicted octanol–water partition coefficient (Wildman–Crippen LogP) is 2.58. The molecule has 3 aromatic rings. The Balaban J connectivity index is 0.000000277. The molecule has 25 heavy (non-hydrogen) atoms. The van der Waals surface area contributed by atoms with Crippen molar-refractivity contribution in [3.05, 3.63) is 36.4 Å². The molecule has 2 heterocycles. The van der Waals surface area contributed by atoms with E-state index in [2.05, 4.69) is 32.2 Å². The lowest BCUT2D eigenvalue weighted by atomic mass is 10.2. The third-order valence-electron chi connectivity index (χ3n) is 3.18. The van der Waals surface area contributed by atoms with Crippen molar-refractivity contribution in [1.29, 1.82) is 0 Å². The highest BCUT2D eigenvalue weighted by atomic mass is 19.4. The van der Waals surface area contributed by atoms with E-state index in [1.807, 2.05) is 32.4 Å². The fraction of sp³-hybridized carbons (Fsp3) is 0.267. The Morgan fingerprint density at radius 1 is 1.36 bits per heavy atom. The molecule has 0 fully saturated rings. The summed E-state index contributed by atoms with van der Waals surface area (Å²) in [6.07, 6.45) is -3.06. The summed E-state index contributed by atoms with van der Waals surface area (Å²) in [4.78, 5) is 13.3. The van der Waals surface area contributed by atoms with Gasteiger partial charge in [-0.25, -0.2) is 4.79 Å². The predicted molar refractivity (Wildman–Crippen MR) is 82.7 cm³/mol. The second kappa shape index (κ2) is 7.34. The maximum atomic E-state index is 10.6. The van der Waals surface area contributed by atoms with Crippen LogP contribution in [0.2, 0.25) is 0 Å². The zero-order valence-electron chi connectivity index (χ0n) is 13.3. The standard InChI is InChI=1S/C13H14N4O.C2HF3O2/c1-14-7-12-15-13(16-18-12)10-8-17(2)11-6-4-3-5-9(10)11;3-2(4,5)1(6)7/h3-6,8,14H,7H2,1-2H3;(H,6,7). The second-order valence-corrected chi connectivity index (χ2v) is 5.02. The molecule has 0 unspecified atom stereocenters. The Kier molecular flexibility index (Phi) is 5.42. The van der Waals surface area contributed by atoms with Crippen LogP contribution in [0, 0.1) is 0 Å². The van der Waals surface area contributed by atoms with Crippen molar-refractivity contribution in [3.8, 4) is 11.4 Å². The van der Waals surface area contributed by atoms with Gasteiger partial charge >= 0.3 is 12.1 Å². The lowest BCUT2D eigenvalue weighted by molar-refractivity contribution is -0.192. The van der Waals surface area contributed by atoms with Gasteiger partial charge in [-0.05, 0) is 13.1 Å². The smallest absolute Gasteiger partial charge is 0.475 e. The Morgan fingerprint density at radius 2 is 2.00 bits per heavy atom. The number of para-hydroxylation sites is 1. The Labute approximate surface area is 140 Å². The third-order valence-corrected chi connectivity index (χ3v) is 3.18. The number of hydrogen-bond donors (Lipinski definition) is 2. The van der Waals surface area contributed by atoms with Gasteiger partial charge in [-0.3, -0.25) is 0 Å². The Hall–Kier alpha value is -2.88. The monoisotopic (exact) mass is 356 g/mol. The van der Waals surface area contributed by atoms with Crippen LogP contribution in [0.1, 0.15) is 5.89 Å². The highest BCUT2D eigenvalue weighted by molar-refractivity contribution is 5.94. The van der Waals surface area contributed by atoms with Crippen molar-refractivity contribution >= 4 is 16.9 Å². The van der Waals surface area contributed by atoms with Gasteiger partial charge in [0.25, 0.3) is 0 Å². The lowest BCUT2D eigenvalue weighted by Gasteiger charge is -1.93. The average molecular weight is 356 g/mol. The number of rotatable bonds is 3. The molecule has 0 atom stereocenters. The third kappa shape index (κ3) is 4.35. The molecule has 0 saturated heterocycles. The second-order valence-electron chi connectivity index (χ2n) is 5.02. The first kappa shape index (κ1) is 18.5. The van der Waals surface area contributed by atoms with Gasteiger partial charge in [-0.1, -0.05) is 23.4 Å². The maximum Gasteiger partial charge on any atom is 0.490 e. The van der Waals surface area contributed by atoms with Crippen LogP contribution in [0.5, 0.6) is 0 Å². The van der Waals surface area contributed by atoms with Gasteiger partial charge in [-0.2, -0.15) is 18.2 Å². The number of aliphatic carboxylic acids is 1. The van der Waals surface area contributed by atoms with Crippen LogP contribution >= 0.6 is 0 Å². The van der Waals surface area contributed by atoms with Crippen LogP contribution in [-0.4, -0.2) is 39.0 Å². The lowest BCUT2D eigenvalue weighted by Crippen LogP contribution is -2.21. The number of nitrogens with zero attached hydrogens (tertiary/aromatic N) is 3. The molecule has 0 aliphatic rings. The Morgan fingerprint density at radius 3 is 2.60 bits per heavy atom. The quantitative estimate of drug-likeness (QED) is 0.749. The normalized spacial score (nSPS) is 11.2. The van der Waals surface area contributed by atoms with E-state index >= 15 is 0 Å². The molecule has 0 bridgehead atoms. The molecule has 0 spiro atoms. The Bertz CT molecular complexity index is 870. The van der Waals surface area contributed by atoms with E-state index < -0.39 is 12.1 Å². The molecule has 1 aromatic carbocycles. The zero-order valence-corrected chi connectivity index (χ0v) is 13.3. The van der Waals surface area contributed by atoms with E-state index in [0.717, 1.165) is 16.5 Å². The van der Waals surface area contributed by atoms with Crippen LogP contribution < -0.4 is 5.32 Å².